The number of pyridine rings is 2. The van der Waals surface area contributed by atoms with E-state index in [1.54, 1.807) is 18.3 Å². The molecule has 0 fully saturated rings. The molecule has 2 aromatic heterocycles. The number of carbonyl (C=O) groups is 4. The fraction of sp³-hybridized carbons (Fsp3) is 0.308. The first kappa shape index (κ1) is 29.3. The number of nitrogens with zero attached hydrogens (tertiary/aromatic N) is 2. The quantitative estimate of drug-likeness (QED) is 0.163. The van der Waals surface area contributed by atoms with Crippen LogP contribution in [0.4, 0.5) is 0 Å². The zero-order chi connectivity index (χ0) is 26.1. The molecule has 36 heavy (non-hydrogen) atoms. The first-order valence-electron chi connectivity index (χ1n) is 11.3. The zero-order valence-corrected chi connectivity index (χ0v) is 20.0. The summed E-state index contributed by atoms with van der Waals surface area (Å²) in [4.78, 5) is 48.5. The minimum absolute atomic E-state index is 0.296. The first-order valence-corrected chi connectivity index (χ1v) is 11.3. The molecule has 0 aliphatic heterocycles. The number of carbonyl (C=O) groups excluding carboxylic acids is 4. The molecule has 0 bridgehead atoms. The summed E-state index contributed by atoms with van der Waals surface area (Å²) in [5, 5.41) is 10.1. The van der Waals surface area contributed by atoms with Crippen molar-refractivity contribution in [3.05, 3.63) is 59.2 Å². The molecule has 188 valence electrons. The topological polar surface area (TPSA) is 142 Å². The molecule has 0 unspecified atom stereocenters. The lowest BCUT2D eigenvalue weighted by Gasteiger charge is -2.03. The smallest absolute Gasteiger partial charge is 0.207 e. The van der Waals surface area contributed by atoms with Gasteiger partial charge in [-0.3, -0.25) is 24.2 Å². The van der Waals surface area contributed by atoms with Gasteiger partial charge in [0.05, 0.1) is 13.1 Å². The van der Waals surface area contributed by atoms with Gasteiger partial charge in [0.25, 0.3) is 0 Å². The van der Waals surface area contributed by atoms with Crippen LogP contribution in [-0.2, 0) is 32.0 Å². The van der Waals surface area contributed by atoms with Crippen LogP contribution in [0, 0.1) is 23.7 Å². The minimum atomic E-state index is 0.296. The van der Waals surface area contributed by atoms with Gasteiger partial charge in [-0.1, -0.05) is 23.8 Å². The third-order valence-corrected chi connectivity index (χ3v) is 4.35. The van der Waals surface area contributed by atoms with Crippen LogP contribution in [0.2, 0.25) is 0 Å². The molecule has 0 radical (unpaired) electrons. The molecule has 10 nitrogen and oxygen atoms in total. The number of hydrogen-bond donors (Lipinski definition) is 4. The minimum Gasteiger partial charge on any atom is -0.359 e. The number of amides is 4. The third-order valence-electron chi connectivity index (χ3n) is 4.35. The maximum atomic E-state index is 10.1. The number of hydrogen-bond acceptors (Lipinski definition) is 6. The predicted octanol–water partition coefficient (Wildman–Crippen LogP) is -0.285. The van der Waals surface area contributed by atoms with Crippen LogP contribution < -0.4 is 21.3 Å². The van der Waals surface area contributed by atoms with Gasteiger partial charge in [0.1, 0.15) is 5.69 Å². The fourth-order valence-electron chi connectivity index (χ4n) is 2.64. The predicted molar refractivity (Wildman–Crippen MR) is 135 cm³/mol. The summed E-state index contributed by atoms with van der Waals surface area (Å²) >= 11 is 0. The lowest BCUT2D eigenvalue weighted by molar-refractivity contribution is -0.110. The number of nitrogens with one attached hydrogen (secondary N) is 4. The Morgan fingerprint density at radius 1 is 0.667 bits per heavy atom. The van der Waals surface area contributed by atoms with Crippen LogP contribution in [0.1, 0.15) is 35.4 Å². The number of rotatable bonds is 14. The van der Waals surface area contributed by atoms with Crippen molar-refractivity contribution in [2.45, 2.75) is 25.7 Å². The molecule has 0 saturated carbocycles. The Labute approximate surface area is 211 Å². The normalized spacial score (nSPS) is 8.89. The van der Waals surface area contributed by atoms with E-state index in [0.717, 1.165) is 36.9 Å². The lowest BCUT2D eigenvalue weighted by Crippen LogP contribution is -2.13. The zero-order valence-electron chi connectivity index (χ0n) is 20.0. The Kier molecular flexibility index (Phi) is 17.0. The van der Waals surface area contributed by atoms with E-state index in [1.807, 2.05) is 12.3 Å². The molecule has 2 rings (SSSR count). The average Bonchev–Trinajstić information content (AvgIpc) is 2.91. The van der Waals surface area contributed by atoms with Gasteiger partial charge in [0.15, 0.2) is 0 Å². The first-order chi connectivity index (χ1) is 17.7. The summed E-state index contributed by atoms with van der Waals surface area (Å²) in [6, 6.07) is 7.61. The molecule has 10 heteroatoms. The Balaban J connectivity index is 0.000000360. The molecular formula is C26H30N6O4. The van der Waals surface area contributed by atoms with E-state index >= 15 is 0 Å². The van der Waals surface area contributed by atoms with Gasteiger partial charge in [0, 0.05) is 36.7 Å². The van der Waals surface area contributed by atoms with E-state index in [0.29, 0.717) is 57.5 Å². The summed E-state index contributed by atoms with van der Waals surface area (Å²) in [6.07, 6.45) is 9.70. The second-order valence-corrected chi connectivity index (χ2v) is 7.04. The fourth-order valence-corrected chi connectivity index (χ4v) is 2.64. The Morgan fingerprint density at radius 3 is 1.86 bits per heavy atom. The standard InChI is InChI=1S/C13H19N3O2.C13H11N3O2/c2*17-10-14-7-1-3-12-5-6-13(16-9-12)4-2-8-15-11-18/h5-6,9-11H,1-4,7-8H2,(H,14,17)(H,15,18);5-6,9-11H,7-8H2,(H,14,17)(H,15,18). The van der Waals surface area contributed by atoms with Crippen LogP contribution in [0.15, 0.2) is 36.7 Å². The molecule has 0 aliphatic rings. The Bertz CT molecular complexity index is 951. The van der Waals surface area contributed by atoms with Crippen LogP contribution in [-0.4, -0.2) is 61.8 Å². The monoisotopic (exact) mass is 490 g/mol. The molecule has 2 heterocycles. The molecular weight excluding hydrogens is 460 g/mol. The van der Waals surface area contributed by atoms with E-state index in [1.165, 1.54) is 5.56 Å². The van der Waals surface area contributed by atoms with Gasteiger partial charge in [-0.05, 0) is 55.4 Å². The van der Waals surface area contributed by atoms with Crippen LogP contribution in [0.25, 0.3) is 0 Å². The summed E-state index contributed by atoms with van der Waals surface area (Å²) < 4.78 is 0. The van der Waals surface area contributed by atoms with Gasteiger partial charge in [-0.25, -0.2) is 4.98 Å². The van der Waals surface area contributed by atoms with Crippen LogP contribution in [0.3, 0.4) is 0 Å². The summed E-state index contributed by atoms with van der Waals surface area (Å²) in [5.74, 6) is 11.1. The molecule has 0 aliphatic carbocycles. The summed E-state index contributed by atoms with van der Waals surface area (Å²) in [5.41, 5.74) is 3.58. The van der Waals surface area contributed by atoms with Crippen molar-refractivity contribution in [3.8, 4) is 23.7 Å². The van der Waals surface area contributed by atoms with Gasteiger partial charge in [0.2, 0.25) is 25.6 Å². The molecule has 4 amide bonds. The van der Waals surface area contributed by atoms with Crippen molar-refractivity contribution in [3.63, 3.8) is 0 Å². The highest BCUT2D eigenvalue weighted by Gasteiger charge is 1.97. The molecule has 0 spiro atoms. The lowest BCUT2D eigenvalue weighted by atomic mass is 10.1. The van der Waals surface area contributed by atoms with Gasteiger partial charge >= 0.3 is 0 Å². The number of aromatic nitrogens is 2. The maximum absolute atomic E-state index is 10.1. The average molecular weight is 491 g/mol. The highest BCUT2D eigenvalue weighted by molar-refractivity contribution is 5.48. The molecule has 4 N–H and O–H groups in total. The molecule has 0 aromatic carbocycles. The second kappa shape index (κ2) is 20.9. The molecule has 2 aromatic rings. The second-order valence-electron chi connectivity index (χ2n) is 7.04. The van der Waals surface area contributed by atoms with Crippen molar-refractivity contribution in [1.82, 2.24) is 31.2 Å². The Hall–Kier alpha value is -4.70. The molecule has 0 atom stereocenters. The van der Waals surface area contributed by atoms with Crippen LogP contribution >= 0.6 is 0 Å². The highest BCUT2D eigenvalue weighted by atomic mass is 16.1. The van der Waals surface area contributed by atoms with Crippen molar-refractivity contribution in [1.29, 1.82) is 0 Å². The third kappa shape index (κ3) is 15.2. The van der Waals surface area contributed by atoms with E-state index in [4.69, 9.17) is 0 Å². The van der Waals surface area contributed by atoms with Crippen molar-refractivity contribution < 1.29 is 19.2 Å². The van der Waals surface area contributed by atoms with Gasteiger partial charge < -0.3 is 21.3 Å². The number of aryl methyl sites for hydroxylation is 2. The van der Waals surface area contributed by atoms with E-state index in [9.17, 15) is 19.2 Å². The summed E-state index contributed by atoms with van der Waals surface area (Å²) in [6.45, 7) is 1.99. The maximum Gasteiger partial charge on any atom is 0.207 e. The molecule has 0 saturated heterocycles. The summed E-state index contributed by atoms with van der Waals surface area (Å²) in [7, 11) is 0. The highest BCUT2D eigenvalue weighted by Crippen LogP contribution is 2.05. The van der Waals surface area contributed by atoms with E-state index < -0.39 is 0 Å². The Morgan fingerprint density at radius 2 is 1.31 bits per heavy atom. The van der Waals surface area contributed by atoms with Crippen molar-refractivity contribution >= 4 is 25.6 Å². The van der Waals surface area contributed by atoms with E-state index in [-0.39, 0.29) is 0 Å². The van der Waals surface area contributed by atoms with Crippen molar-refractivity contribution in [2.24, 2.45) is 0 Å². The van der Waals surface area contributed by atoms with Crippen LogP contribution in [0.5, 0.6) is 0 Å². The SMILES string of the molecule is O=CNCC#Cc1ccc(C#CCNC=O)nc1.O=CNCCCc1ccc(CCCNC=O)nc1. The van der Waals surface area contributed by atoms with Gasteiger partial charge in [-0.2, -0.15) is 0 Å². The van der Waals surface area contributed by atoms with E-state index in [2.05, 4.69) is 61.0 Å². The largest absolute Gasteiger partial charge is 0.359 e. The van der Waals surface area contributed by atoms with Gasteiger partial charge in [-0.15, -0.1) is 0 Å². The van der Waals surface area contributed by atoms with Crippen molar-refractivity contribution in [2.75, 3.05) is 26.2 Å².